The van der Waals surface area contributed by atoms with Crippen LogP contribution in [-0.4, -0.2) is 14.7 Å². The zero-order valence-electron chi connectivity index (χ0n) is 11.0. The molecule has 4 heteroatoms. The fourth-order valence-corrected chi connectivity index (χ4v) is 2.63. The van der Waals surface area contributed by atoms with Crippen LogP contribution in [0.15, 0.2) is 18.2 Å². The second-order valence-electron chi connectivity index (χ2n) is 4.58. The van der Waals surface area contributed by atoms with E-state index < -0.39 is 6.10 Å². The molecule has 1 aromatic carbocycles. The summed E-state index contributed by atoms with van der Waals surface area (Å²) in [7, 11) is 0. The fourth-order valence-electron chi connectivity index (χ4n) is 1.92. The highest BCUT2D eigenvalue weighted by Crippen LogP contribution is 2.28. The van der Waals surface area contributed by atoms with E-state index in [1.807, 2.05) is 18.2 Å². The first-order valence-electron chi connectivity index (χ1n) is 6.19. The number of aryl methyl sites for hydroxylation is 3. The van der Waals surface area contributed by atoms with Gasteiger partial charge < -0.3 is 5.11 Å². The van der Waals surface area contributed by atoms with E-state index in [1.54, 1.807) is 0 Å². The van der Waals surface area contributed by atoms with Gasteiger partial charge in [-0.05, 0) is 48.5 Å². The summed E-state index contributed by atoms with van der Waals surface area (Å²) in [5.74, 6) is 0. The first-order valence-corrected chi connectivity index (χ1v) is 6.97. The van der Waals surface area contributed by atoms with Crippen LogP contribution in [0, 0.1) is 13.8 Å². The van der Waals surface area contributed by atoms with Gasteiger partial charge >= 0.3 is 0 Å². The summed E-state index contributed by atoms with van der Waals surface area (Å²) in [5, 5.41) is 14.5. The Hall–Kier alpha value is -1.26. The van der Waals surface area contributed by atoms with Crippen LogP contribution < -0.4 is 0 Å². The molecule has 3 nitrogen and oxygen atoms in total. The minimum atomic E-state index is -0.606. The third-order valence-corrected chi connectivity index (χ3v) is 3.99. The molecule has 96 valence electrons. The van der Waals surface area contributed by atoms with Crippen LogP contribution in [0.3, 0.4) is 0 Å². The molecule has 0 saturated carbocycles. The summed E-state index contributed by atoms with van der Waals surface area (Å²) in [5.41, 5.74) is 4.28. The normalized spacial score (nSPS) is 12.7. The molecule has 1 N–H and O–H groups in total. The quantitative estimate of drug-likeness (QED) is 0.920. The van der Waals surface area contributed by atoms with E-state index in [0.717, 1.165) is 29.0 Å². The molecule has 0 aliphatic heterocycles. The summed E-state index contributed by atoms with van der Waals surface area (Å²) in [6.45, 7) is 6.23. The van der Waals surface area contributed by atoms with Crippen molar-refractivity contribution >= 4 is 11.5 Å². The maximum atomic E-state index is 10.4. The van der Waals surface area contributed by atoms with E-state index >= 15 is 0 Å². The Morgan fingerprint density at radius 3 is 2.72 bits per heavy atom. The van der Waals surface area contributed by atoms with Crippen molar-refractivity contribution in [1.82, 2.24) is 9.59 Å². The van der Waals surface area contributed by atoms with Crippen molar-refractivity contribution in [1.29, 1.82) is 0 Å². The van der Waals surface area contributed by atoms with E-state index in [0.29, 0.717) is 0 Å². The highest BCUT2D eigenvalue weighted by molar-refractivity contribution is 7.05. The summed E-state index contributed by atoms with van der Waals surface area (Å²) >= 11 is 1.29. The lowest BCUT2D eigenvalue weighted by atomic mass is 10.0. The van der Waals surface area contributed by atoms with Crippen LogP contribution >= 0.6 is 11.5 Å². The van der Waals surface area contributed by atoms with Gasteiger partial charge in [0, 0.05) is 0 Å². The molecule has 0 bridgehead atoms. The number of hydrogen-bond donors (Lipinski definition) is 1. The van der Waals surface area contributed by atoms with Gasteiger partial charge in [-0.15, -0.1) is 5.10 Å². The largest absolute Gasteiger partial charge is 0.383 e. The van der Waals surface area contributed by atoms with Crippen LogP contribution in [0.1, 0.15) is 46.7 Å². The minimum absolute atomic E-state index is 0.606. The molecule has 1 atom stereocenters. The monoisotopic (exact) mass is 262 g/mol. The fraction of sp³-hybridized carbons (Fsp3) is 0.429. The Morgan fingerprint density at radius 1 is 1.28 bits per heavy atom. The summed E-state index contributed by atoms with van der Waals surface area (Å²) in [6.07, 6.45) is 1.28. The SMILES string of the molecule is CCCc1nnsc1C(O)c1ccc(C)c(C)c1. The molecule has 1 unspecified atom stereocenters. The maximum Gasteiger partial charge on any atom is 0.117 e. The minimum Gasteiger partial charge on any atom is -0.383 e. The molecule has 1 aromatic heterocycles. The number of aliphatic hydroxyl groups is 1. The molecular weight excluding hydrogens is 244 g/mol. The Balaban J connectivity index is 2.32. The lowest BCUT2D eigenvalue weighted by molar-refractivity contribution is 0.222. The van der Waals surface area contributed by atoms with Crippen LogP contribution in [0.2, 0.25) is 0 Å². The molecule has 0 amide bonds. The van der Waals surface area contributed by atoms with Gasteiger partial charge in [0.1, 0.15) is 6.10 Å². The summed E-state index contributed by atoms with van der Waals surface area (Å²) in [6, 6.07) is 6.06. The third-order valence-electron chi connectivity index (χ3n) is 3.17. The Labute approximate surface area is 112 Å². The van der Waals surface area contributed by atoms with Gasteiger partial charge in [-0.3, -0.25) is 0 Å². The summed E-state index contributed by atoms with van der Waals surface area (Å²) < 4.78 is 3.96. The smallest absolute Gasteiger partial charge is 0.117 e. The van der Waals surface area contributed by atoms with Crippen molar-refractivity contribution in [3.63, 3.8) is 0 Å². The molecule has 2 aromatic rings. The average molecular weight is 262 g/mol. The van der Waals surface area contributed by atoms with E-state index in [4.69, 9.17) is 0 Å². The molecule has 0 aliphatic carbocycles. The predicted octanol–water partition coefficient (Wildman–Crippen LogP) is 3.19. The van der Waals surface area contributed by atoms with Gasteiger partial charge in [0.05, 0.1) is 10.6 Å². The van der Waals surface area contributed by atoms with Gasteiger partial charge in [0.2, 0.25) is 0 Å². The zero-order chi connectivity index (χ0) is 13.1. The molecule has 1 heterocycles. The first-order chi connectivity index (χ1) is 8.63. The number of aromatic nitrogens is 2. The molecule has 0 fully saturated rings. The molecule has 0 radical (unpaired) electrons. The molecule has 0 spiro atoms. The lowest BCUT2D eigenvalue weighted by Crippen LogP contribution is -2.02. The topological polar surface area (TPSA) is 46.0 Å². The van der Waals surface area contributed by atoms with Gasteiger partial charge in [0.25, 0.3) is 0 Å². The van der Waals surface area contributed by atoms with Crippen molar-refractivity contribution < 1.29 is 5.11 Å². The van der Waals surface area contributed by atoms with Gasteiger partial charge in [-0.1, -0.05) is 36.0 Å². The lowest BCUT2D eigenvalue weighted by Gasteiger charge is -2.11. The van der Waals surface area contributed by atoms with Crippen molar-refractivity contribution in [2.24, 2.45) is 0 Å². The van der Waals surface area contributed by atoms with Gasteiger partial charge in [-0.2, -0.15) is 0 Å². The van der Waals surface area contributed by atoms with Crippen molar-refractivity contribution in [2.45, 2.75) is 39.7 Å². The number of benzene rings is 1. The molecule has 18 heavy (non-hydrogen) atoms. The molecule has 0 saturated heterocycles. The Kier molecular flexibility index (Phi) is 4.09. The van der Waals surface area contributed by atoms with Crippen LogP contribution in [0.25, 0.3) is 0 Å². The van der Waals surface area contributed by atoms with Crippen molar-refractivity contribution in [3.05, 3.63) is 45.5 Å². The number of hydrogen-bond acceptors (Lipinski definition) is 4. The second kappa shape index (κ2) is 5.59. The molecular formula is C14H18N2OS. The van der Waals surface area contributed by atoms with Crippen LogP contribution in [-0.2, 0) is 6.42 Å². The third kappa shape index (κ3) is 2.60. The highest BCUT2D eigenvalue weighted by Gasteiger charge is 2.18. The second-order valence-corrected chi connectivity index (χ2v) is 5.37. The van der Waals surface area contributed by atoms with E-state index in [9.17, 15) is 5.11 Å². The molecule has 0 aliphatic rings. The van der Waals surface area contributed by atoms with E-state index in [2.05, 4.69) is 30.4 Å². The average Bonchev–Trinajstić information content (AvgIpc) is 2.80. The van der Waals surface area contributed by atoms with Gasteiger partial charge in [-0.25, -0.2) is 0 Å². The first kappa shape index (κ1) is 13.2. The summed E-state index contributed by atoms with van der Waals surface area (Å²) in [4.78, 5) is 0.875. The van der Waals surface area contributed by atoms with E-state index in [1.165, 1.54) is 22.7 Å². The van der Waals surface area contributed by atoms with Crippen molar-refractivity contribution in [3.8, 4) is 0 Å². The number of nitrogens with zero attached hydrogens (tertiary/aromatic N) is 2. The highest BCUT2D eigenvalue weighted by atomic mass is 32.1. The van der Waals surface area contributed by atoms with Gasteiger partial charge in [0.15, 0.2) is 0 Å². The van der Waals surface area contributed by atoms with E-state index in [-0.39, 0.29) is 0 Å². The van der Waals surface area contributed by atoms with Crippen LogP contribution in [0.4, 0.5) is 0 Å². The predicted molar refractivity (Wildman–Crippen MR) is 73.9 cm³/mol. The van der Waals surface area contributed by atoms with Crippen LogP contribution in [0.5, 0.6) is 0 Å². The molecule has 2 rings (SSSR count). The maximum absolute atomic E-state index is 10.4. The number of aliphatic hydroxyl groups excluding tert-OH is 1. The Bertz CT molecular complexity index is 536. The zero-order valence-corrected chi connectivity index (χ0v) is 11.8. The number of rotatable bonds is 4. The van der Waals surface area contributed by atoms with Crippen molar-refractivity contribution in [2.75, 3.05) is 0 Å². The Morgan fingerprint density at radius 2 is 2.06 bits per heavy atom. The standard InChI is InChI=1S/C14H18N2OS/c1-4-5-12-14(18-16-15-12)13(17)11-7-6-9(2)10(3)8-11/h6-8,13,17H,4-5H2,1-3H3.